The van der Waals surface area contributed by atoms with Crippen LogP contribution in [0.3, 0.4) is 0 Å². The minimum Gasteiger partial charge on any atom is -0.454 e. The van der Waals surface area contributed by atoms with E-state index in [0.29, 0.717) is 11.5 Å². The van der Waals surface area contributed by atoms with Crippen molar-refractivity contribution >= 4 is 27.5 Å². The van der Waals surface area contributed by atoms with Crippen LogP contribution in [0.2, 0.25) is 0 Å². The second kappa shape index (κ2) is 11.4. The van der Waals surface area contributed by atoms with Crippen molar-refractivity contribution in [1.82, 2.24) is 10.2 Å². The van der Waals surface area contributed by atoms with Crippen LogP contribution < -0.4 is 19.1 Å². The van der Waals surface area contributed by atoms with Crippen molar-refractivity contribution in [2.45, 2.75) is 64.6 Å². The molecule has 1 atom stereocenters. The average Bonchev–Trinajstić information content (AvgIpc) is 3.33. The van der Waals surface area contributed by atoms with Gasteiger partial charge in [0.05, 0.1) is 11.9 Å². The first-order valence-electron chi connectivity index (χ1n) is 12.6. The van der Waals surface area contributed by atoms with E-state index in [1.807, 2.05) is 31.2 Å². The fourth-order valence-electron chi connectivity index (χ4n) is 4.81. The highest BCUT2D eigenvalue weighted by atomic mass is 32.2. The summed E-state index contributed by atoms with van der Waals surface area (Å²) in [5.74, 6) is 0.214. The highest BCUT2D eigenvalue weighted by Crippen LogP contribution is 2.36. The molecule has 10 heteroatoms. The number of carbonyl (C=O) groups excluding carboxylic acids is 2. The molecule has 1 fully saturated rings. The van der Waals surface area contributed by atoms with Gasteiger partial charge in [-0.25, -0.2) is 8.42 Å². The number of aryl methyl sites for hydroxylation is 1. The highest BCUT2D eigenvalue weighted by Gasteiger charge is 2.31. The lowest BCUT2D eigenvalue weighted by atomic mass is 9.95. The SMILES string of the molecule is Cc1cccc(CN(C(=O)CN(c2ccc3c(c2)OCO3)S(C)(=O)=O)[C@H](C)C(=O)NC2CCCCC2)c1. The van der Waals surface area contributed by atoms with Crippen LogP contribution in [0.4, 0.5) is 5.69 Å². The van der Waals surface area contributed by atoms with E-state index < -0.39 is 28.5 Å². The number of hydrogen-bond acceptors (Lipinski definition) is 6. The summed E-state index contributed by atoms with van der Waals surface area (Å²) < 4.78 is 37.3. The highest BCUT2D eigenvalue weighted by molar-refractivity contribution is 7.92. The van der Waals surface area contributed by atoms with Crippen molar-refractivity contribution in [2.75, 3.05) is 23.9 Å². The summed E-state index contributed by atoms with van der Waals surface area (Å²) in [4.78, 5) is 28.4. The molecule has 1 saturated carbocycles. The van der Waals surface area contributed by atoms with E-state index in [1.165, 1.54) is 11.3 Å². The van der Waals surface area contributed by atoms with Gasteiger partial charge in [-0.15, -0.1) is 0 Å². The van der Waals surface area contributed by atoms with Crippen LogP contribution in [-0.4, -0.2) is 56.8 Å². The van der Waals surface area contributed by atoms with Crippen molar-refractivity contribution < 1.29 is 27.5 Å². The zero-order chi connectivity index (χ0) is 26.6. The first kappa shape index (κ1) is 26.8. The van der Waals surface area contributed by atoms with Crippen LogP contribution in [-0.2, 0) is 26.2 Å². The number of rotatable bonds is 9. The van der Waals surface area contributed by atoms with Gasteiger partial charge in [0.25, 0.3) is 0 Å². The number of benzene rings is 2. The van der Waals surface area contributed by atoms with Gasteiger partial charge in [-0.3, -0.25) is 13.9 Å². The van der Waals surface area contributed by atoms with E-state index >= 15 is 0 Å². The molecule has 2 amide bonds. The molecule has 9 nitrogen and oxygen atoms in total. The molecule has 2 aromatic rings. The number of carbonyl (C=O) groups is 2. The lowest BCUT2D eigenvalue weighted by molar-refractivity contribution is -0.139. The van der Waals surface area contributed by atoms with E-state index in [0.717, 1.165) is 47.4 Å². The maximum atomic E-state index is 13.7. The third kappa shape index (κ3) is 6.74. The summed E-state index contributed by atoms with van der Waals surface area (Å²) in [7, 11) is -3.82. The Morgan fingerprint density at radius 1 is 1.05 bits per heavy atom. The van der Waals surface area contributed by atoms with E-state index in [-0.39, 0.29) is 31.0 Å². The van der Waals surface area contributed by atoms with Crippen molar-refractivity contribution in [3.05, 3.63) is 53.6 Å². The average molecular weight is 530 g/mol. The van der Waals surface area contributed by atoms with Gasteiger partial charge in [0.1, 0.15) is 12.6 Å². The molecule has 1 heterocycles. The zero-order valence-electron chi connectivity index (χ0n) is 21.6. The summed E-state index contributed by atoms with van der Waals surface area (Å²) in [6, 6.07) is 11.8. The van der Waals surface area contributed by atoms with Gasteiger partial charge < -0.3 is 19.7 Å². The first-order valence-corrected chi connectivity index (χ1v) is 14.5. The second-order valence-corrected chi connectivity index (χ2v) is 11.7. The molecule has 2 aliphatic rings. The molecular formula is C27H35N3O6S. The molecule has 37 heavy (non-hydrogen) atoms. The third-order valence-corrected chi connectivity index (χ3v) is 8.02. The Hall–Kier alpha value is -3.27. The Kier molecular flexibility index (Phi) is 8.26. The van der Waals surface area contributed by atoms with Gasteiger partial charge in [-0.2, -0.15) is 0 Å². The molecule has 0 radical (unpaired) electrons. The van der Waals surface area contributed by atoms with Gasteiger partial charge in [-0.05, 0) is 44.4 Å². The van der Waals surface area contributed by atoms with Gasteiger partial charge in [0.15, 0.2) is 11.5 Å². The smallest absolute Gasteiger partial charge is 0.244 e. The van der Waals surface area contributed by atoms with Crippen LogP contribution in [0.15, 0.2) is 42.5 Å². The number of nitrogens with one attached hydrogen (secondary N) is 1. The molecule has 2 aromatic carbocycles. The molecule has 0 unspecified atom stereocenters. The van der Waals surface area contributed by atoms with Crippen LogP contribution in [0.5, 0.6) is 11.5 Å². The molecule has 0 bridgehead atoms. The number of fused-ring (bicyclic) bond motifs is 1. The topological polar surface area (TPSA) is 105 Å². The quantitative estimate of drug-likeness (QED) is 0.534. The number of hydrogen-bond donors (Lipinski definition) is 1. The number of nitrogens with zero attached hydrogens (tertiary/aromatic N) is 2. The number of sulfonamides is 1. The normalized spacial score (nSPS) is 16.2. The van der Waals surface area contributed by atoms with Crippen LogP contribution in [0, 0.1) is 6.92 Å². The van der Waals surface area contributed by atoms with Crippen molar-refractivity contribution in [3.8, 4) is 11.5 Å². The lowest BCUT2D eigenvalue weighted by Crippen LogP contribution is -2.52. The van der Waals surface area contributed by atoms with E-state index in [9.17, 15) is 18.0 Å². The molecule has 1 aliphatic carbocycles. The molecule has 0 saturated heterocycles. The largest absolute Gasteiger partial charge is 0.454 e. The van der Waals surface area contributed by atoms with E-state index in [1.54, 1.807) is 25.1 Å². The fourth-order valence-corrected chi connectivity index (χ4v) is 5.65. The van der Waals surface area contributed by atoms with Crippen molar-refractivity contribution in [3.63, 3.8) is 0 Å². The maximum Gasteiger partial charge on any atom is 0.244 e. The van der Waals surface area contributed by atoms with Gasteiger partial charge in [-0.1, -0.05) is 49.1 Å². The number of amides is 2. The monoisotopic (exact) mass is 529 g/mol. The van der Waals surface area contributed by atoms with E-state index in [2.05, 4.69) is 5.32 Å². The molecule has 4 rings (SSSR count). The van der Waals surface area contributed by atoms with Crippen LogP contribution in [0.25, 0.3) is 0 Å². The Labute approximate surface area is 218 Å². The standard InChI is InChI=1S/C27H35N3O6S/c1-19-8-7-9-21(14-19)16-29(20(2)27(32)28-22-10-5-4-6-11-22)26(31)17-30(37(3,33)34)23-12-13-24-25(15-23)36-18-35-24/h7-9,12-15,20,22H,4-6,10-11,16-18H2,1-3H3,(H,28,32)/t20-/m1/s1. The molecule has 1 N–H and O–H groups in total. The minimum absolute atomic E-state index is 0.0501. The summed E-state index contributed by atoms with van der Waals surface area (Å²) in [6.45, 7) is 3.43. The van der Waals surface area contributed by atoms with Gasteiger partial charge in [0, 0.05) is 18.7 Å². The van der Waals surface area contributed by atoms with Crippen LogP contribution in [0.1, 0.15) is 50.2 Å². The van der Waals surface area contributed by atoms with E-state index in [4.69, 9.17) is 9.47 Å². The minimum atomic E-state index is -3.82. The fraction of sp³-hybridized carbons (Fsp3) is 0.481. The maximum absolute atomic E-state index is 13.7. The summed E-state index contributed by atoms with van der Waals surface area (Å²) >= 11 is 0. The molecule has 0 spiro atoms. The third-order valence-electron chi connectivity index (χ3n) is 6.88. The number of ether oxygens (including phenoxy) is 2. The van der Waals surface area contributed by atoms with Crippen molar-refractivity contribution in [2.24, 2.45) is 0 Å². The number of anilines is 1. The molecule has 0 aromatic heterocycles. The first-order chi connectivity index (χ1) is 17.6. The lowest BCUT2D eigenvalue weighted by Gasteiger charge is -2.33. The Morgan fingerprint density at radius 2 is 1.78 bits per heavy atom. The Balaban J connectivity index is 1.59. The van der Waals surface area contributed by atoms with Gasteiger partial charge >= 0.3 is 0 Å². The predicted molar refractivity (Wildman–Crippen MR) is 141 cm³/mol. The zero-order valence-corrected chi connectivity index (χ0v) is 22.4. The Morgan fingerprint density at radius 3 is 2.49 bits per heavy atom. The van der Waals surface area contributed by atoms with Crippen molar-refractivity contribution in [1.29, 1.82) is 0 Å². The summed E-state index contributed by atoms with van der Waals surface area (Å²) in [5, 5.41) is 3.10. The molecular weight excluding hydrogens is 494 g/mol. The predicted octanol–water partition coefficient (Wildman–Crippen LogP) is 3.36. The summed E-state index contributed by atoms with van der Waals surface area (Å²) in [6.07, 6.45) is 6.22. The Bertz CT molecular complexity index is 1240. The van der Waals surface area contributed by atoms with Gasteiger partial charge in [0.2, 0.25) is 28.6 Å². The molecule has 1 aliphatic heterocycles. The molecule has 200 valence electrons. The second-order valence-electron chi connectivity index (χ2n) is 9.84. The summed E-state index contributed by atoms with van der Waals surface area (Å²) in [5.41, 5.74) is 2.18. The van der Waals surface area contributed by atoms with Crippen LogP contribution >= 0.6 is 0 Å².